The fourth-order valence-corrected chi connectivity index (χ4v) is 3.62. The molecule has 0 aliphatic heterocycles. The van der Waals surface area contributed by atoms with Crippen molar-refractivity contribution in [3.05, 3.63) is 0 Å². The Bertz CT molecular complexity index is 355. The summed E-state index contributed by atoms with van der Waals surface area (Å²) in [6.07, 6.45) is 7.12. The van der Waals surface area contributed by atoms with E-state index in [1.165, 1.54) is 32.1 Å². The van der Waals surface area contributed by atoms with Crippen LogP contribution >= 0.6 is 0 Å². The van der Waals surface area contributed by atoms with Crippen LogP contribution in [0.4, 0.5) is 0 Å². The first-order valence-electron chi connectivity index (χ1n) is 9.67. The van der Waals surface area contributed by atoms with Gasteiger partial charge in [-0.25, -0.2) is 0 Å². The van der Waals surface area contributed by atoms with Gasteiger partial charge in [0.05, 0.1) is 6.10 Å². The van der Waals surface area contributed by atoms with Crippen LogP contribution in [0.25, 0.3) is 0 Å². The summed E-state index contributed by atoms with van der Waals surface area (Å²) in [4.78, 5) is 14.5. The van der Waals surface area contributed by atoms with Crippen molar-refractivity contribution in [3.8, 4) is 0 Å². The standard InChI is InChI=1S/C19H39N3O2/c1-14(2)16(19(24)21-10-11-22(3)4)13-18(23)17(20)12-15-8-6-5-7-9-15/h14-18,23H,5-13,20H2,1-4H3,(H,21,24)/t16-,17+,18+/m1/s1. The molecule has 0 bridgehead atoms. The van der Waals surface area contributed by atoms with E-state index in [2.05, 4.69) is 5.32 Å². The molecule has 5 nitrogen and oxygen atoms in total. The van der Waals surface area contributed by atoms with Crippen molar-refractivity contribution in [2.75, 3.05) is 27.2 Å². The Labute approximate surface area is 148 Å². The molecule has 3 atom stereocenters. The van der Waals surface area contributed by atoms with Gasteiger partial charge in [0.15, 0.2) is 0 Å². The molecule has 0 aromatic carbocycles. The lowest BCUT2D eigenvalue weighted by molar-refractivity contribution is -0.127. The number of nitrogens with one attached hydrogen (secondary N) is 1. The summed E-state index contributed by atoms with van der Waals surface area (Å²) >= 11 is 0. The first-order chi connectivity index (χ1) is 11.3. The molecule has 1 saturated carbocycles. The molecule has 0 spiro atoms. The van der Waals surface area contributed by atoms with Crippen LogP contribution in [0.5, 0.6) is 0 Å². The zero-order chi connectivity index (χ0) is 18.1. The molecule has 0 saturated heterocycles. The third-order valence-electron chi connectivity index (χ3n) is 5.32. The zero-order valence-corrected chi connectivity index (χ0v) is 16.1. The monoisotopic (exact) mass is 341 g/mol. The number of carbonyl (C=O) groups excluding carboxylic acids is 1. The molecule has 24 heavy (non-hydrogen) atoms. The molecule has 0 radical (unpaired) electrons. The summed E-state index contributed by atoms with van der Waals surface area (Å²) < 4.78 is 0. The Morgan fingerprint density at radius 2 is 1.88 bits per heavy atom. The van der Waals surface area contributed by atoms with Crippen LogP contribution < -0.4 is 11.1 Å². The minimum Gasteiger partial charge on any atom is -0.391 e. The van der Waals surface area contributed by atoms with E-state index in [-0.39, 0.29) is 23.8 Å². The Hall–Kier alpha value is -0.650. The molecule has 1 amide bonds. The highest BCUT2D eigenvalue weighted by atomic mass is 16.3. The lowest BCUT2D eigenvalue weighted by Gasteiger charge is -2.29. The van der Waals surface area contributed by atoms with Gasteiger partial charge in [0.2, 0.25) is 5.91 Å². The predicted octanol–water partition coefficient (Wildman–Crippen LogP) is 1.99. The molecule has 1 fully saturated rings. The average Bonchev–Trinajstić information content (AvgIpc) is 2.52. The van der Waals surface area contributed by atoms with Gasteiger partial charge in [-0.2, -0.15) is 0 Å². The van der Waals surface area contributed by atoms with Crippen LogP contribution in [-0.4, -0.2) is 55.2 Å². The minimum absolute atomic E-state index is 0.0377. The number of amides is 1. The summed E-state index contributed by atoms with van der Waals surface area (Å²) in [5, 5.41) is 13.5. The smallest absolute Gasteiger partial charge is 0.223 e. The number of aliphatic hydroxyl groups excluding tert-OH is 1. The second-order valence-electron chi connectivity index (χ2n) is 8.15. The number of hydrogen-bond donors (Lipinski definition) is 3. The predicted molar refractivity (Wildman–Crippen MR) is 99.7 cm³/mol. The van der Waals surface area contributed by atoms with Gasteiger partial charge in [-0.05, 0) is 38.8 Å². The lowest BCUT2D eigenvalue weighted by atomic mass is 9.81. The van der Waals surface area contributed by atoms with Crippen LogP contribution in [0.1, 0.15) is 58.8 Å². The number of nitrogens with zero attached hydrogens (tertiary/aromatic N) is 1. The maximum absolute atomic E-state index is 12.4. The molecule has 4 N–H and O–H groups in total. The zero-order valence-electron chi connectivity index (χ0n) is 16.1. The number of nitrogens with two attached hydrogens (primary N) is 1. The largest absolute Gasteiger partial charge is 0.391 e. The molecule has 1 aliphatic rings. The highest BCUT2D eigenvalue weighted by molar-refractivity contribution is 5.78. The van der Waals surface area contributed by atoms with E-state index in [0.29, 0.717) is 18.9 Å². The Kier molecular flexibility index (Phi) is 9.86. The molecule has 0 unspecified atom stereocenters. The van der Waals surface area contributed by atoms with Crippen molar-refractivity contribution in [2.45, 2.75) is 70.9 Å². The third kappa shape index (κ3) is 7.95. The summed E-state index contributed by atoms with van der Waals surface area (Å²) in [7, 11) is 3.97. The first kappa shape index (κ1) is 21.4. The van der Waals surface area contributed by atoms with Gasteiger partial charge >= 0.3 is 0 Å². The molecule has 1 rings (SSSR count). The van der Waals surface area contributed by atoms with Crippen LogP contribution in [0.3, 0.4) is 0 Å². The number of likely N-dealkylation sites (N-methyl/N-ethyl adjacent to an activating group) is 1. The van der Waals surface area contributed by atoms with Crippen molar-refractivity contribution in [2.24, 2.45) is 23.5 Å². The fourth-order valence-electron chi connectivity index (χ4n) is 3.62. The molecular weight excluding hydrogens is 302 g/mol. The topological polar surface area (TPSA) is 78.6 Å². The first-order valence-corrected chi connectivity index (χ1v) is 9.67. The van der Waals surface area contributed by atoms with E-state index in [1.807, 2.05) is 32.8 Å². The number of hydrogen-bond acceptors (Lipinski definition) is 4. The quantitative estimate of drug-likeness (QED) is 0.568. The van der Waals surface area contributed by atoms with Gasteiger partial charge in [0.1, 0.15) is 0 Å². The maximum Gasteiger partial charge on any atom is 0.223 e. The van der Waals surface area contributed by atoms with Crippen molar-refractivity contribution >= 4 is 5.91 Å². The van der Waals surface area contributed by atoms with Crippen LogP contribution in [0.15, 0.2) is 0 Å². The summed E-state index contributed by atoms with van der Waals surface area (Å²) in [6, 6.07) is -0.219. The number of aliphatic hydroxyl groups is 1. The Morgan fingerprint density at radius 3 is 2.42 bits per heavy atom. The summed E-state index contributed by atoms with van der Waals surface area (Å²) in [6.45, 7) is 5.53. The van der Waals surface area contributed by atoms with E-state index in [0.717, 1.165) is 13.0 Å². The van der Waals surface area contributed by atoms with Crippen molar-refractivity contribution in [3.63, 3.8) is 0 Å². The Morgan fingerprint density at radius 1 is 1.25 bits per heavy atom. The summed E-state index contributed by atoms with van der Waals surface area (Å²) in [5.74, 6) is 0.700. The lowest BCUT2D eigenvalue weighted by Crippen LogP contribution is -2.43. The SMILES string of the molecule is CC(C)[C@@H](C[C@H](O)[C@@H](N)CC1CCCCC1)C(=O)NCCN(C)C. The molecule has 0 aromatic rings. The second-order valence-corrected chi connectivity index (χ2v) is 8.15. The van der Waals surface area contributed by atoms with Gasteiger partial charge in [-0.1, -0.05) is 46.0 Å². The van der Waals surface area contributed by atoms with Gasteiger partial charge in [0.25, 0.3) is 0 Å². The highest BCUT2D eigenvalue weighted by Gasteiger charge is 2.29. The minimum atomic E-state index is -0.598. The fraction of sp³-hybridized carbons (Fsp3) is 0.947. The molecular formula is C19H39N3O2. The van der Waals surface area contributed by atoms with E-state index in [4.69, 9.17) is 5.73 Å². The summed E-state index contributed by atoms with van der Waals surface area (Å²) in [5.41, 5.74) is 6.25. The van der Waals surface area contributed by atoms with E-state index in [1.54, 1.807) is 0 Å². The Balaban J connectivity index is 2.45. The van der Waals surface area contributed by atoms with Gasteiger partial charge in [-0.15, -0.1) is 0 Å². The van der Waals surface area contributed by atoms with Crippen LogP contribution in [-0.2, 0) is 4.79 Å². The second kappa shape index (κ2) is 11.1. The van der Waals surface area contributed by atoms with E-state index < -0.39 is 6.10 Å². The third-order valence-corrected chi connectivity index (χ3v) is 5.32. The van der Waals surface area contributed by atoms with E-state index >= 15 is 0 Å². The molecule has 142 valence electrons. The van der Waals surface area contributed by atoms with Crippen LogP contribution in [0.2, 0.25) is 0 Å². The van der Waals surface area contributed by atoms with Crippen LogP contribution in [0, 0.1) is 17.8 Å². The molecule has 0 aromatic heterocycles. The van der Waals surface area contributed by atoms with Gasteiger partial charge in [-0.3, -0.25) is 4.79 Å². The van der Waals surface area contributed by atoms with Crippen molar-refractivity contribution in [1.82, 2.24) is 10.2 Å². The van der Waals surface area contributed by atoms with Gasteiger partial charge in [0, 0.05) is 25.0 Å². The molecule has 1 aliphatic carbocycles. The van der Waals surface area contributed by atoms with Crippen molar-refractivity contribution in [1.29, 1.82) is 0 Å². The molecule has 5 heteroatoms. The van der Waals surface area contributed by atoms with Gasteiger partial charge < -0.3 is 21.1 Å². The number of carbonyl (C=O) groups is 1. The van der Waals surface area contributed by atoms with Crippen molar-refractivity contribution < 1.29 is 9.90 Å². The number of rotatable bonds is 10. The normalized spacial score (nSPS) is 20.2. The molecule has 0 heterocycles. The average molecular weight is 342 g/mol. The van der Waals surface area contributed by atoms with E-state index in [9.17, 15) is 9.90 Å². The maximum atomic E-state index is 12.4. The highest BCUT2D eigenvalue weighted by Crippen LogP contribution is 2.28.